The molecule has 5 N–H and O–H groups in total. The normalized spacial score (nSPS) is 13.8. The summed E-state index contributed by atoms with van der Waals surface area (Å²) in [7, 11) is 0. The van der Waals surface area contributed by atoms with Crippen molar-refractivity contribution < 1.29 is 25.5 Å². The van der Waals surface area contributed by atoms with E-state index in [0.717, 1.165) is 44.9 Å². The summed E-state index contributed by atoms with van der Waals surface area (Å²) in [6, 6.07) is 0. The first-order chi connectivity index (χ1) is 32.1. The zero-order valence-corrected chi connectivity index (χ0v) is 44.5. The quantitative estimate of drug-likeness (QED) is 0.0391. The van der Waals surface area contributed by atoms with Crippen LogP contribution in [0.1, 0.15) is 347 Å². The molecular formula is C60H122O5. The van der Waals surface area contributed by atoms with Gasteiger partial charge in [0.15, 0.2) is 0 Å². The molecule has 0 saturated heterocycles. The average molecular weight is 924 g/mol. The third-order valence-corrected chi connectivity index (χ3v) is 15.6. The maximum absolute atomic E-state index is 13.4. The third kappa shape index (κ3) is 42.4. The van der Waals surface area contributed by atoms with Crippen molar-refractivity contribution in [1.82, 2.24) is 0 Å². The number of rotatable bonds is 58. The van der Waals surface area contributed by atoms with Crippen LogP contribution in [0, 0.1) is 5.41 Å². The lowest BCUT2D eigenvalue weighted by Crippen LogP contribution is -2.49. The SMILES string of the molecule is CCCCCCC(O)(CCCCCCCCCCCCO)C(CCCCCCCCCCO)(CCCCCCCCCCCCCCO)CCCCCCCCCCCCCCCCO. The largest absolute Gasteiger partial charge is 0.396 e. The highest BCUT2D eigenvalue weighted by Gasteiger charge is 2.47. The molecule has 0 aromatic carbocycles. The lowest BCUT2D eigenvalue weighted by molar-refractivity contribution is -0.117. The minimum absolute atomic E-state index is 0.0447. The van der Waals surface area contributed by atoms with Crippen LogP contribution in [-0.2, 0) is 0 Å². The lowest BCUT2D eigenvalue weighted by atomic mass is 9.59. The van der Waals surface area contributed by atoms with E-state index in [1.165, 1.54) is 295 Å². The van der Waals surface area contributed by atoms with Crippen molar-refractivity contribution in [3.8, 4) is 0 Å². The summed E-state index contributed by atoms with van der Waals surface area (Å²) in [6.45, 7) is 3.68. The van der Waals surface area contributed by atoms with E-state index in [0.29, 0.717) is 26.4 Å². The molecule has 0 rings (SSSR count). The van der Waals surface area contributed by atoms with Crippen molar-refractivity contribution in [1.29, 1.82) is 0 Å². The van der Waals surface area contributed by atoms with Crippen LogP contribution in [0.4, 0.5) is 0 Å². The summed E-state index contributed by atoms with van der Waals surface area (Å²) in [4.78, 5) is 0. The molecule has 0 amide bonds. The van der Waals surface area contributed by atoms with E-state index in [4.69, 9.17) is 15.3 Å². The van der Waals surface area contributed by atoms with E-state index >= 15 is 0 Å². The van der Waals surface area contributed by atoms with Gasteiger partial charge in [-0.15, -0.1) is 0 Å². The summed E-state index contributed by atoms with van der Waals surface area (Å²) in [5.74, 6) is 0. The zero-order chi connectivity index (χ0) is 47.3. The van der Waals surface area contributed by atoms with E-state index in [1.54, 1.807) is 0 Å². The second-order valence-corrected chi connectivity index (χ2v) is 21.6. The second-order valence-electron chi connectivity index (χ2n) is 21.6. The molecule has 0 aliphatic rings. The van der Waals surface area contributed by atoms with Gasteiger partial charge in [-0.25, -0.2) is 0 Å². The number of hydrogen-bond acceptors (Lipinski definition) is 5. The van der Waals surface area contributed by atoms with Crippen LogP contribution >= 0.6 is 0 Å². The van der Waals surface area contributed by atoms with Crippen LogP contribution in [0.5, 0.6) is 0 Å². The standard InChI is InChI=1S/C60H122O5/c1-2-3-4-44-53-60(65,54-45-36-28-19-13-16-23-31-39-48-57-63)59(52-43-35-27-20-24-32-40-49-58-64,51-42-34-26-18-12-8-10-15-22-30-38-47-56-62)50-41-33-25-17-11-7-5-6-9-14-21-29-37-46-55-61/h61-65H,2-58H2,1H3. The third-order valence-electron chi connectivity index (χ3n) is 15.6. The molecule has 0 bridgehead atoms. The highest BCUT2D eigenvalue weighted by molar-refractivity contribution is 4.99. The summed E-state index contributed by atoms with van der Waals surface area (Å²) in [5.41, 5.74) is -0.503. The second kappa shape index (κ2) is 53.2. The van der Waals surface area contributed by atoms with Gasteiger partial charge in [-0.05, 0) is 63.2 Å². The minimum atomic E-state index is -0.548. The van der Waals surface area contributed by atoms with Gasteiger partial charge in [-0.3, -0.25) is 0 Å². The van der Waals surface area contributed by atoms with Gasteiger partial charge in [0.05, 0.1) is 5.60 Å². The number of aliphatic hydroxyl groups is 5. The van der Waals surface area contributed by atoms with Crippen LogP contribution < -0.4 is 0 Å². The Morgan fingerprint density at radius 3 is 0.538 bits per heavy atom. The molecular weight excluding hydrogens is 801 g/mol. The molecule has 0 aliphatic heterocycles. The maximum Gasteiger partial charge on any atom is 0.0703 e. The van der Waals surface area contributed by atoms with Crippen LogP contribution in [0.15, 0.2) is 0 Å². The van der Waals surface area contributed by atoms with E-state index < -0.39 is 5.60 Å². The first-order valence-corrected chi connectivity index (χ1v) is 30.2. The molecule has 0 fully saturated rings. The summed E-state index contributed by atoms with van der Waals surface area (Å²) in [6.07, 6.45) is 67.0. The Hall–Kier alpha value is -0.200. The van der Waals surface area contributed by atoms with Crippen molar-refractivity contribution in [2.45, 2.75) is 353 Å². The zero-order valence-electron chi connectivity index (χ0n) is 44.5. The molecule has 0 heterocycles. The molecule has 0 saturated carbocycles. The fourth-order valence-corrected chi connectivity index (χ4v) is 11.2. The van der Waals surface area contributed by atoms with Crippen LogP contribution in [-0.4, -0.2) is 57.6 Å². The van der Waals surface area contributed by atoms with Gasteiger partial charge in [0.1, 0.15) is 0 Å². The fourth-order valence-electron chi connectivity index (χ4n) is 11.2. The average Bonchev–Trinajstić information content (AvgIpc) is 3.31. The highest BCUT2D eigenvalue weighted by Crippen LogP contribution is 2.51. The summed E-state index contributed by atoms with van der Waals surface area (Å²) >= 11 is 0. The molecule has 0 radical (unpaired) electrons. The molecule has 2 atom stereocenters. The van der Waals surface area contributed by atoms with E-state index in [9.17, 15) is 10.2 Å². The van der Waals surface area contributed by atoms with Gasteiger partial charge in [-0.1, -0.05) is 289 Å². The Bertz CT molecular complexity index is 868. The topological polar surface area (TPSA) is 101 Å². The molecule has 392 valence electrons. The molecule has 65 heavy (non-hydrogen) atoms. The van der Waals surface area contributed by atoms with Gasteiger partial charge in [-0.2, -0.15) is 0 Å². The van der Waals surface area contributed by atoms with Crippen LogP contribution in [0.3, 0.4) is 0 Å². The monoisotopic (exact) mass is 923 g/mol. The van der Waals surface area contributed by atoms with E-state index in [-0.39, 0.29) is 5.41 Å². The lowest BCUT2D eigenvalue weighted by Gasteiger charge is -2.49. The number of unbranched alkanes of at least 4 members (excludes halogenated alkanes) is 43. The fraction of sp³-hybridized carbons (Fsp3) is 1.00. The Balaban J connectivity index is 5.67. The molecule has 0 aromatic heterocycles. The first-order valence-electron chi connectivity index (χ1n) is 30.2. The molecule has 5 heteroatoms. The van der Waals surface area contributed by atoms with Gasteiger partial charge in [0.2, 0.25) is 0 Å². The predicted molar refractivity (Wildman–Crippen MR) is 286 cm³/mol. The highest BCUT2D eigenvalue weighted by atomic mass is 16.3. The maximum atomic E-state index is 13.4. The molecule has 0 aliphatic carbocycles. The Kier molecular flexibility index (Phi) is 53.0. The Morgan fingerprint density at radius 1 is 0.200 bits per heavy atom. The summed E-state index contributed by atoms with van der Waals surface area (Å²) < 4.78 is 0. The van der Waals surface area contributed by atoms with Crippen LogP contribution in [0.2, 0.25) is 0 Å². The van der Waals surface area contributed by atoms with Gasteiger partial charge >= 0.3 is 0 Å². The van der Waals surface area contributed by atoms with Gasteiger partial charge in [0, 0.05) is 26.4 Å². The van der Waals surface area contributed by atoms with Gasteiger partial charge in [0.25, 0.3) is 0 Å². The predicted octanol–water partition coefficient (Wildman–Crippen LogP) is 18.4. The van der Waals surface area contributed by atoms with Crippen molar-refractivity contribution in [3.63, 3.8) is 0 Å². The van der Waals surface area contributed by atoms with Crippen LogP contribution in [0.25, 0.3) is 0 Å². The van der Waals surface area contributed by atoms with Crippen molar-refractivity contribution in [2.24, 2.45) is 5.41 Å². The molecule has 5 nitrogen and oxygen atoms in total. The van der Waals surface area contributed by atoms with E-state index in [1.807, 2.05) is 0 Å². The number of hydrogen-bond donors (Lipinski definition) is 5. The number of aliphatic hydroxyl groups excluding tert-OH is 4. The summed E-state index contributed by atoms with van der Waals surface area (Å²) in [5, 5.41) is 49.8. The van der Waals surface area contributed by atoms with Crippen molar-refractivity contribution in [2.75, 3.05) is 26.4 Å². The van der Waals surface area contributed by atoms with E-state index in [2.05, 4.69) is 6.92 Å². The Labute approximate surface area is 408 Å². The molecule has 0 aromatic rings. The first kappa shape index (κ1) is 64.8. The van der Waals surface area contributed by atoms with Crippen molar-refractivity contribution >= 4 is 0 Å². The smallest absolute Gasteiger partial charge is 0.0703 e. The molecule has 0 spiro atoms. The van der Waals surface area contributed by atoms with Crippen molar-refractivity contribution in [3.05, 3.63) is 0 Å². The Morgan fingerprint density at radius 2 is 0.354 bits per heavy atom. The van der Waals surface area contributed by atoms with Gasteiger partial charge < -0.3 is 25.5 Å². The molecule has 2 unspecified atom stereocenters. The minimum Gasteiger partial charge on any atom is -0.396 e.